The van der Waals surface area contributed by atoms with Gasteiger partial charge in [0.1, 0.15) is 0 Å². The molecule has 0 atom stereocenters. The van der Waals surface area contributed by atoms with Gasteiger partial charge in [0.25, 0.3) is 0 Å². The highest BCUT2D eigenvalue weighted by molar-refractivity contribution is 7.14. The van der Waals surface area contributed by atoms with Gasteiger partial charge >= 0.3 is 0 Å². The number of aryl methyl sites for hydroxylation is 2. The Labute approximate surface area is 106 Å². The molecule has 0 aliphatic carbocycles. The van der Waals surface area contributed by atoms with Crippen LogP contribution >= 0.6 is 11.3 Å². The quantitative estimate of drug-likeness (QED) is 0.906. The lowest BCUT2D eigenvalue weighted by Gasteiger charge is -2.00. The smallest absolute Gasteiger partial charge is 0.183 e. The molecular weight excluding hydrogens is 232 g/mol. The molecule has 2 aromatic heterocycles. The van der Waals surface area contributed by atoms with Crippen LogP contribution in [0.25, 0.3) is 11.3 Å². The highest BCUT2D eigenvalue weighted by Crippen LogP contribution is 2.29. The van der Waals surface area contributed by atoms with Gasteiger partial charge < -0.3 is 5.32 Å². The third kappa shape index (κ3) is 2.20. The highest BCUT2D eigenvalue weighted by Gasteiger charge is 2.15. The number of thiazole rings is 1. The molecule has 0 aromatic carbocycles. The van der Waals surface area contributed by atoms with Crippen LogP contribution in [0.4, 0.5) is 5.13 Å². The van der Waals surface area contributed by atoms with E-state index >= 15 is 0 Å². The summed E-state index contributed by atoms with van der Waals surface area (Å²) in [6.45, 7) is 10.1. The maximum absolute atomic E-state index is 4.59. The van der Waals surface area contributed by atoms with E-state index in [1.54, 1.807) is 11.3 Å². The van der Waals surface area contributed by atoms with Crippen molar-refractivity contribution in [3.63, 3.8) is 0 Å². The second-order valence-electron chi connectivity index (χ2n) is 3.93. The van der Waals surface area contributed by atoms with Gasteiger partial charge in [-0.25, -0.2) is 4.98 Å². The Bertz CT molecular complexity index is 513. The zero-order valence-corrected chi connectivity index (χ0v) is 11.6. The Hall–Kier alpha value is -1.36. The first-order chi connectivity index (χ1) is 8.17. The standard InChI is InChI=1S/C12H18N4S/c1-5-13-12-14-10(7-17-12)11-8(3)15-16(6-2)9(11)4/h7H,5-6H2,1-4H3,(H,13,14). The predicted molar refractivity (Wildman–Crippen MR) is 72.6 cm³/mol. The molecule has 17 heavy (non-hydrogen) atoms. The Morgan fingerprint density at radius 2 is 2.12 bits per heavy atom. The molecule has 2 rings (SSSR count). The molecule has 0 radical (unpaired) electrons. The monoisotopic (exact) mass is 250 g/mol. The minimum Gasteiger partial charge on any atom is -0.362 e. The summed E-state index contributed by atoms with van der Waals surface area (Å²) in [5.74, 6) is 0. The molecule has 1 N–H and O–H groups in total. The van der Waals surface area contributed by atoms with Crippen molar-refractivity contribution in [2.75, 3.05) is 11.9 Å². The highest BCUT2D eigenvalue weighted by atomic mass is 32.1. The van der Waals surface area contributed by atoms with E-state index in [0.717, 1.165) is 29.6 Å². The number of rotatable bonds is 4. The van der Waals surface area contributed by atoms with Crippen LogP contribution in [0.1, 0.15) is 25.2 Å². The zero-order chi connectivity index (χ0) is 12.4. The van der Waals surface area contributed by atoms with Crippen molar-refractivity contribution in [1.82, 2.24) is 14.8 Å². The number of hydrogen-bond donors (Lipinski definition) is 1. The maximum atomic E-state index is 4.59. The molecule has 2 heterocycles. The molecule has 0 aliphatic rings. The number of anilines is 1. The average molecular weight is 250 g/mol. The van der Waals surface area contributed by atoms with Gasteiger partial charge in [0, 0.05) is 29.7 Å². The van der Waals surface area contributed by atoms with Crippen LogP contribution in [-0.4, -0.2) is 21.3 Å². The van der Waals surface area contributed by atoms with Gasteiger partial charge in [0.2, 0.25) is 0 Å². The molecule has 0 spiro atoms. The first kappa shape index (κ1) is 12.1. The van der Waals surface area contributed by atoms with Crippen LogP contribution in [0.15, 0.2) is 5.38 Å². The first-order valence-corrected chi connectivity index (χ1v) is 6.79. The summed E-state index contributed by atoms with van der Waals surface area (Å²) in [7, 11) is 0. The number of nitrogens with zero attached hydrogens (tertiary/aromatic N) is 3. The molecule has 0 fully saturated rings. The van der Waals surface area contributed by atoms with Gasteiger partial charge in [-0.2, -0.15) is 5.10 Å². The Balaban J connectivity index is 2.41. The van der Waals surface area contributed by atoms with Crippen molar-refractivity contribution in [2.24, 2.45) is 0 Å². The molecule has 0 unspecified atom stereocenters. The third-order valence-corrected chi connectivity index (χ3v) is 3.57. The van der Waals surface area contributed by atoms with E-state index in [4.69, 9.17) is 0 Å². The molecule has 0 bridgehead atoms. The summed E-state index contributed by atoms with van der Waals surface area (Å²) < 4.78 is 2.02. The number of nitrogens with one attached hydrogen (secondary N) is 1. The van der Waals surface area contributed by atoms with Crippen LogP contribution < -0.4 is 5.32 Å². The van der Waals surface area contributed by atoms with Crippen molar-refractivity contribution in [2.45, 2.75) is 34.2 Å². The molecule has 4 nitrogen and oxygen atoms in total. The number of aromatic nitrogens is 3. The van der Waals surface area contributed by atoms with Crippen LogP contribution in [0.5, 0.6) is 0 Å². The maximum Gasteiger partial charge on any atom is 0.183 e. The van der Waals surface area contributed by atoms with Crippen LogP contribution in [0.3, 0.4) is 0 Å². The zero-order valence-electron chi connectivity index (χ0n) is 10.7. The fourth-order valence-electron chi connectivity index (χ4n) is 2.00. The Morgan fingerprint density at radius 1 is 1.35 bits per heavy atom. The second kappa shape index (κ2) is 4.87. The van der Waals surface area contributed by atoms with E-state index in [1.165, 1.54) is 11.3 Å². The lowest BCUT2D eigenvalue weighted by atomic mass is 10.1. The van der Waals surface area contributed by atoms with E-state index < -0.39 is 0 Å². The third-order valence-electron chi connectivity index (χ3n) is 2.77. The molecule has 0 saturated carbocycles. The van der Waals surface area contributed by atoms with Crippen molar-refractivity contribution in [3.05, 3.63) is 16.8 Å². The van der Waals surface area contributed by atoms with Gasteiger partial charge in [-0.15, -0.1) is 11.3 Å². The molecule has 92 valence electrons. The Kier molecular flexibility index (Phi) is 3.47. The fraction of sp³-hybridized carbons (Fsp3) is 0.500. The van der Waals surface area contributed by atoms with E-state index in [9.17, 15) is 0 Å². The van der Waals surface area contributed by atoms with Gasteiger partial charge in [0.15, 0.2) is 5.13 Å². The minimum atomic E-state index is 0.900. The normalized spacial score (nSPS) is 10.8. The first-order valence-electron chi connectivity index (χ1n) is 5.91. The molecule has 2 aromatic rings. The average Bonchev–Trinajstić information content (AvgIpc) is 2.84. The molecular formula is C12H18N4S. The van der Waals surface area contributed by atoms with E-state index in [-0.39, 0.29) is 0 Å². The van der Waals surface area contributed by atoms with Crippen molar-refractivity contribution in [1.29, 1.82) is 0 Å². The summed E-state index contributed by atoms with van der Waals surface area (Å²) >= 11 is 1.64. The SMILES string of the molecule is CCNc1nc(-c2c(C)nn(CC)c2C)cs1. The van der Waals surface area contributed by atoms with Gasteiger partial charge in [0.05, 0.1) is 11.4 Å². The largest absolute Gasteiger partial charge is 0.362 e. The van der Waals surface area contributed by atoms with E-state index in [0.29, 0.717) is 0 Å². The lowest BCUT2D eigenvalue weighted by molar-refractivity contribution is 0.634. The van der Waals surface area contributed by atoms with Crippen molar-refractivity contribution in [3.8, 4) is 11.3 Å². The molecule has 5 heteroatoms. The van der Waals surface area contributed by atoms with Gasteiger partial charge in [-0.05, 0) is 27.7 Å². The van der Waals surface area contributed by atoms with Crippen LogP contribution in [-0.2, 0) is 6.54 Å². The van der Waals surface area contributed by atoms with Gasteiger partial charge in [-0.3, -0.25) is 4.68 Å². The molecule has 0 aliphatic heterocycles. The van der Waals surface area contributed by atoms with Crippen molar-refractivity contribution >= 4 is 16.5 Å². The summed E-state index contributed by atoms with van der Waals surface area (Å²) in [6, 6.07) is 0. The lowest BCUT2D eigenvalue weighted by Crippen LogP contribution is -1.98. The van der Waals surface area contributed by atoms with Crippen molar-refractivity contribution < 1.29 is 0 Å². The van der Waals surface area contributed by atoms with E-state index in [1.807, 2.05) is 11.6 Å². The molecule has 0 saturated heterocycles. The minimum absolute atomic E-state index is 0.900. The topological polar surface area (TPSA) is 42.7 Å². The summed E-state index contributed by atoms with van der Waals surface area (Å²) in [5, 5.41) is 10.8. The van der Waals surface area contributed by atoms with Crippen LogP contribution in [0, 0.1) is 13.8 Å². The van der Waals surface area contributed by atoms with Crippen LogP contribution in [0.2, 0.25) is 0 Å². The summed E-state index contributed by atoms with van der Waals surface area (Å²) in [4.78, 5) is 4.59. The second-order valence-corrected chi connectivity index (χ2v) is 4.79. The summed E-state index contributed by atoms with van der Waals surface area (Å²) in [5.41, 5.74) is 4.45. The Morgan fingerprint density at radius 3 is 2.71 bits per heavy atom. The number of hydrogen-bond acceptors (Lipinski definition) is 4. The molecule has 0 amide bonds. The van der Waals surface area contributed by atoms with E-state index in [2.05, 4.69) is 41.6 Å². The summed E-state index contributed by atoms with van der Waals surface area (Å²) in [6.07, 6.45) is 0. The fourth-order valence-corrected chi connectivity index (χ4v) is 2.77. The van der Waals surface area contributed by atoms with Gasteiger partial charge in [-0.1, -0.05) is 0 Å². The predicted octanol–water partition coefficient (Wildman–Crippen LogP) is 3.08.